The van der Waals surface area contributed by atoms with Gasteiger partial charge in [-0.2, -0.15) is 5.10 Å². The number of halogens is 2. The van der Waals surface area contributed by atoms with Crippen LogP contribution in [0.1, 0.15) is 30.5 Å². The molecule has 0 aliphatic rings. The molecule has 4 nitrogen and oxygen atoms in total. The molecular formula is C15H17ClFN3O. The molecule has 112 valence electrons. The lowest BCUT2D eigenvalue weighted by Crippen LogP contribution is -2.29. The van der Waals surface area contributed by atoms with E-state index in [0.29, 0.717) is 0 Å². The molecule has 0 saturated heterocycles. The van der Waals surface area contributed by atoms with Crippen molar-refractivity contribution < 1.29 is 9.18 Å². The van der Waals surface area contributed by atoms with E-state index in [0.717, 1.165) is 12.0 Å². The Morgan fingerprint density at radius 2 is 2.29 bits per heavy atom. The predicted molar refractivity (Wildman–Crippen MR) is 79.5 cm³/mol. The summed E-state index contributed by atoms with van der Waals surface area (Å²) in [5.74, 6) is -0.732. The van der Waals surface area contributed by atoms with E-state index < -0.39 is 5.82 Å². The van der Waals surface area contributed by atoms with Crippen molar-refractivity contribution in [2.75, 3.05) is 0 Å². The van der Waals surface area contributed by atoms with E-state index in [1.807, 2.05) is 20.2 Å². The van der Waals surface area contributed by atoms with Gasteiger partial charge in [-0.05, 0) is 18.6 Å². The van der Waals surface area contributed by atoms with Crippen molar-refractivity contribution in [2.45, 2.75) is 25.8 Å². The molecule has 0 fully saturated rings. The van der Waals surface area contributed by atoms with E-state index in [1.54, 1.807) is 16.9 Å². The topological polar surface area (TPSA) is 46.9 Å². The van der Waals surface area contributed by atoms with E-state index in [9.17, 15) is 9.18 Å². The number of hydrogen-bond acceptors (Lipinski definition) is 2. The molecule has 0 radical (unpaired) electrons. The average Bonchev–Trinajstić information content (AvgIpc) is 2.87. The molecule has 6 heteroatoms. The van der Waals surface area contributed by atoms with Crippen molar-refractivity contribution >= 4 is 17.5 Å². The van der Waals surface area contributed by atoms with Crippen LogP contribution in [0.2, 0.25) is 5.02 Å². The monoisotopic (exact) mass is 309 g/mol. The van der Waals surface area contributed by atoms with E-state index in [4.69, 9.17) is 11.6 Å². The highest BCUT2D eigenvalue weighted by molar-refractivity contribution is 6.31. The van der Waals surface area contributed by atoms with Gasteiger partial charge in [0, 0.05) is 29.4 Å². The number of rotatable bonds is 5. The van der Waals surface area contributed by atoms with Crippen LogP contribution in [0.15, 0.2) is 30.6 Å². The van der Waals surface area contributed by atoms with Crippen molar-refractivity contribution in [2.24, 2.45) is 7.05 Å². The van der Waals surface area contributed by atoms with Gasteiger partial charge in [0.15, 0.2) is 0 Å². The highest BCUT2D eigenvalue weighted by Crippen LogP contribution is 2.20. The van der Waals surface area contributed by atoms with Crippen LogP contribution < -0.4 is 5.32 Å². The Kier molecular flexibility index (Phi) is 4.96. The zero-order chi connectivity index (χ0) is 15.4. The molecule has 1 aromatic heterocycles. The summed E-state index contributed by atoms with van der Waals surface area (Å²) < 4.78 is 15.4. The molecule has 0 bridgehead atoms. The molecule has 0 spiro atoms. The Labute approximate surface area is 127 Å². The largest absolute Gasteiger partial charge is 0.349 e. The summed E-state index contributed by atoms with van der Waals surface area (Å²) in [6.45, 7) is 1.97. The van der Waals surface area contributed by atoms with Crippen LogP contribution >= 0.6 is 11.6 Å². The Balaban J connectivity index is 2.07. The third kappa shape index (κ3) is 3.82. The molecule has 1 atom stereocenters. The average molecular weight is 310 g/mol. The molecule has 2 aromatic rings. The maximum atomic E-state index is 13.7. The normalized spacial score (nSPS) is 12.2. The smallest absolute Gasteiger partial charge is 0.225 e. The summed E-state index contributed by atoms with van der Waals surface area (Å²) in [6.07, 6.45) is 4.21. The van der Waals surface area contributed by atoms with Crippen LogP contribution in [0, 0.1) is 5.82 Å². The number of amides is 1. The minimum absolute atomic E-state index is 0.0811. The molecule has 2 rings (SSSR count). The maximum Gasteiger partial charge on any atom is 0.225 e. The molecule has 0 unspecified atom stereocenters. The predicted octanol–water partition coefficient (Wildman–Crippen LogP) is 3.02. The second-order valence-electron chi connectivity index (χ2n) is 4.85. The Morgan fingerprint density at radius 3 is 2.86 bits per heavy atom. The Bertz CT molecular complexity index is 621. The molecule has 1 N–H and O–H groups in total. The van der Waals surface area contributed by atoms with Gasteiger partial charge >= 0.3 is 0 Å². The molecule has 0 aliphatic carbocycles. The standard InChI is InChI=1S/C15H17ClFN3O/c1-3-14(10-8-18-20(2)9-10)19-15(21)7-11-12(16)5-4-6-13(11)17/h4-6,8-9,14H,3,7H2,1-2H3,(H,19,21)/t14-/m0/s1. The first-order chi connectivity index (χ1) is 10.0. The Hall–Kier alpha value is -1.88. The van der Waals surface area contributed by atoms with Crippen LogP contribution in [-0.4, -0.2) is 15.7 Å². The Morgan fingerprint density at radius 1 is 1.52 bits per heavy atom. The van der Waals surface area contributed by atoms with Gasteiger partial charge in [-0.3, -0.25) is 9.48 Å². The first-order valence-electron chi connectivity index (χ1n) is 6.72. The number of carbonyl (C=O) groups excluding carboxylic acids is 1. The van der Waals surface area contributed by atoms with Crippen molar-refractivity contribution in [3.8, 4) is 0 Å². The zero-order valence-corrected chi connectivity index (χ0v) is 12.7. The number of carbonyl (C=O) groups is 1. The van der Waals surface area contributed by atoms with Crippen LogP contribution in [0.25, 0.3) is 0 Å². The maximum absolute atomic E-state index is 13.7. The summed E-state index contributed by atoms with van der Waals surface area (Å²) in [5, 5.41) is 7.23. The molecule has 1 aromatic carbocycles. The number of hydrogen-bond donors (Lipinski definition) is 1. The summed E-state index contributed by atoms with van der Waals surface area (Å²) >= 11 is 5.93. The summed E-state index contributed by atoms with van der Waals surface area (Å²) in [7, 11) is 1.82. The fourth-order valence-corrected chi connectivity index (χ4v) is 2.38. The second kappa shape index (κ2) is 6.72. The lowest BCUT2D eigenvalue weighted by Gasteiger charge is -2.16. The SMILES string of the molecule is CC[C@H](NC(=O)Cc1c(F)cccc1Cl)c1cnn(C)c1. The lowest BCUT2D eigenvalue weighted by molar-refractivity contribution is -0.121. The van der Waals surface area contributed by atoms with Gasteiger partial charge in [0.2, 0.25) is 5.91 Å². The third-order valence-electron chi connectivity index (χ3n) is 3.27. The number of benzene rings is 1. The lowest BCUT2D eigenvalue weighted by atomic mass is 10.1. The summed E-state index contributed by atoms with van der Waals surface area (Å²) in [4.78, 5) is 12.1. The minimum Gasteiger partial charge on any atom is -0.349 e. The minimum atomic E-state index is -0.466. The van der Waals surface area contributed by atoms with Crippen molar-refractivity contribution in [1.82, 2.24) is 15.1 Å². The van der Waals surface area contributed by atoms with Gasteiger partial charge < -0.3 is 5.32 Å². The summed E-state index contributed by atoms with van der Waals surface area (Å²) in [6, 6.07) is 4.25. The van der Waals surface area contributed by atoms with Gasteiger partial charge in [-0.25, -0.2) is 4.39 Å². The summed E-state index contributed by atoms with van der Waals surface area (Å²) in [5.41, 5.74) is 1.14. The first kappa shape index (κ1) is 15.5. The highest BCUT2D eigenvalue weighted by atomic mass is 35.5. The fraction of sp³-hybridized carbons (Fsp3) is 0.333. The van der Waals surface area contributed by atoms with Crippen molar-refractivity contribution in [3.05, 3.63) is 52.6 Å². The first-order valence-corrected chi connectivity index (χ1v) is 7.09. The quantitative estimate of drug-likeness (QED) is 0.923. The van der Waals surface area contributed by atoms with E-state index in [-0.39, 0.29) is 29.0 Å². The molecular weight excluding hydrogens is 293 g/mol. The number of aryl methyl sites for hydroxylation is 1. The third-order valence-corrected chi connectivity index (χ3v) is 3.62. The second-order valence-corrected chi connectivity index (χ2v) is 5.26. The van der Waals surface area contributed by atoms with Gasteiger partial charge in [0.1, 0.15) is 5.82 Å². The molecule has 0 aliphatic heterocycles. The van der Waals surface area contributed by atoms with Gasteiger partial charge in [0.25, 0.3) is 0 Å². The van der Waals surface area contributed by atoms with Crippen molar-refractivity contribution in [1.29, 1.82) is 0 Å². The van der Waals surface area contributed by atoms with E-state index in [1.165, 1.54) is 12.1 Å². The highest BCUT2D eigenvalue weighted by Gasteiger charge is 2.17. The molecule has 0 saturated carbocycles. The van der Waals surface area contributed by atoms with E-state index >= 15 is 0 Å². The molecule has 1 heterocycles. The number of aromatic nitrogens is 2. The van der Waals surface area contributed by atoms with Crippen LogP contribution in [0.5, 0.6) is 0 Å². The number of nitrogens with one attached hydrogen (secondary N) is 1. The van der Waals surface area contributed by atoms with Gasteiger partial charge in [-0.15, -0.1) is 0 Å². The van der Waals surface area contributed by atoms with E-state index in [2.05, 4.69) is 10.4 Å². The molecule has 21 heavy (non-hydrogen) atoms. The molecule has 1 amide bonds. The van der Waals surface area contributed by atoms with Crippen LogP contribution in [0.3, 0.4) is 0 Å². The fourth-order valence-electron chi connectivity index (χ4n) is 2.15. The van der Waals surface area contributed by atoms with Crippen molar-refractivity contribution in [3.63, 3.8) is 0 Å². The van der Waals surface area contributed by atoms with Crippen LogP contribution in [0.4, 0.5) is 4.39 Å². The van der Waals surface area contributed by atoms with Gasteiger partial charge in [-0.1, -0.05) is 24.6 Å². The van der Waals surface area contributed by atoms with Crippen LogP contribution in [-0.2, 0) is 18.3 Å². The zero-order valence-electron chi connectivity index (χ0n) is 11.9. The van der Waals surface area contributed by atoms with Gasteiger partial charge in [0.05, 0.1) is 18.7 Å². The number of nitrogens with zero attached hydrogens (tertiary/aromatic N) is 2.